The smallest absolute Gasteiger partial charge is 0.191 e. The lowest BCUT2D eigenvalue weighted by Gasteiger charge is -2.14. The molecule has 1 aliphatic carbocycles. The molecule has 1 saturated carbocycles. The Labute approximate surface area is 163 Å². The molecule has 0 aliphatic heterocycles. The molecular weight excluding hydrogens is 413 g/mol. The predicted molar refractivity (Wildman–Crippen MR) is 112 cm³/mol. The van der Waals surface area contributed by atoms with Gasteiger partial charge in [0.1, 0.15) is 0 Å². The first-order valence-electron chi connectivity index (χ1n) is 8.81. The van der Waals surface area contributed by atoms with Crippen molar-refractivity contribution >= 4 is 29.9 Å². The summed E-state index contributed by atoms with van der Waals surface area (Å²) in [5.41, 5.74) is 3.93. The van der Waals surface area contributed by atoms with Gasteiger partial charge in [0.15, 0.2) is 5.96 Å². The second-order valence-corrected chi connectivity index (χ2v) is 6.41. The second kappa shape index (κ2) is 11.7. The summed E-state index contributed by atoms with van der Waals surface area (Å²) >= 11 is 0. The fourth-order valence-corrected chi connectivity index (χ4v) is 3.03. The van der Waals surface area contributed by atoms with Crippen LogP contribution in [0.5, 0.6) is 0 Å². The van der Waals surface area contributed by atoms with Crippen molar-refractivity contribution < 1.29 is 4.74 Å². The van der Waals surface area contributed by atoms with Crippen LogP contribution >= 0.6 is 24.0 Å². The van der Waals surface area contributed by atoms with Crippen molar-refractivity contribution in [1.29, 1.82) is 0 Å². The predicted octanol–water partition coefficient (Wildman–Crippen LogP) is 3.94. The minimum atomic E-state index is 0. The van der Waals surface area contributed by atoms with E-state index in [-0.39, 0.29) is 24.0 Å². The molecular formula is C19H32IN3O. The molecule has 0 amide bonds. The number of hydrogen-bond acceptors (Lipinski definition) is 2. The monoisotopic (exact) mass is 445 g/mol. The summed E-state index contributed by atoms with van der Waals surface area (Å²) in [4.78, 5) is 4.28. The van der Waals surface area contributed by atoms with E-state index in [1.807, 2.05) is 7.05 Å². The third-order valence-electron chi connectivity index (χ3n) is 4.44. The van der Waals surface area contributed by atoms with Gasteiger partial charge in [-0.25, -0.2) is 0 Å². The van der Waals surface area contributed by atoms with Gasteiger partial charge in [0.05, 0.1) is 6.10 Å². The van der Waals surface area contributed by atoms with Gasteiger partial charge in [-0.3, -0.25) is 4.99 Å². The zero-order valence-corrected chi connectivity index (χ0v) is 17.6. The summed E-state index contributed by atoms with van der Waals surface area (Å²) in [5.74, 6) is 0.853. The van der Waals surface area contributed by atoms with Crippen LogP contribution < -0.4 is 10.6 Å². The van der Waals surface area contributed by atoms with Crippen LogP contribution in [-0.4, -0.2) is 32.3 Å². The van der Waals surface area contributed by atoms with Crippen molar-refractivity contribution in [3.8, 4) is 0 Å². The molecule has 0 heterocycles. The van der Waals surface area contributed by atoms with Crippen LogP contribution in [0.15, 0.2) is 23.2 Å². The van der Waals surface area contributed by atoms with Crippen molar-refractivity contribution in [3.05, 3.63) is 34.9 Å². The molecule has 0 bridgehead atoms. The highest BCUT2D eigenvalue weighted by Crippen LogP contribution is 2.20. The van der Waals surface area contributed by atoms with Crippen LogP contribution in [-0.2, 0) is 11.3 Å². The number of nitrogens with zero attached hydrogens (tertiary/aromatic N) is 1. The van der Waals surface area contributed by atoms with Crippen molar-refractivity contribution in [1.82, 2.24) is 10.6 Å². The highest BCUT2D eigenvalue weighted by atomic mass is 127. The lowest BCUT2D eigenvalue weighted by molar-refractivity contribution is 0.0574. The number of halogens is 1. The van der Waals surface area contributed by atoms with Crippen molar-refractivity contribution in [2.75, 3.05) is 20.2 Å². The Hall–Kier alpha value is -0.820. The highest BCUT2D eigenvalue weighted by Gasteiger charge is 2.14. The largest absolute Gasteiger partial charge is 0.378 e. The van der Waals surface area contributed by atoms with E-state index in [0.717, 1.165) is 32.1 Å². The van der Waals surface area contributed by atoms with E-state index < -0.39 is 0 Å². The molecule has 0 unspecified atom stereocenters. The molecule has 5 heteroatoms. The molecule has 136 valence electrons. The van der Waals surface area contributed by atoms with Crippen LogP contribution in [0.1, 0.15) is 48.8 Å². The first-order chi connectivity index (χ1) is 11.2. The topological polar surface area (TPSA) is 45.7 Å². The normalized spacial score (nSPS) is 15.2. The van der Waals surface area contributed by atoms with Gasteiger partial charge in [-0.1, -0.05) is 36.6 Å². The van der Waals surface area contributed by atoms with E-state index in [2.05, 4.69) is 47.7 Å². The Morgan fingerprint density at radius 1 is 1.21 bits per heavy atom. The Bertz CT molecular complexity index is 513. The third-order valence-corrected chi connectivity index (χ3v) is 4.44. The first-order valence-corrected chi connectivity index (χ1v) is 8.81. The number of benzene rings is 1. The average molecular weight is 445 g/mol. The second-order valence-electron chi connectivity index (χ2n) is 6.41. The summed E-state index contributed by atoms with van der Waals surface area (Å²) in [7, 11) is 1.81. The van der Waals surface area contributed by atoms with Crippen molar-refractivity contribution in [2.24, 2.45) is 4.99 Å². The fraction of sp³-hybridized carbons (Fsp3) is 0.632. The molecule has 4 nitrogen and oxygen atoms in total. The maximum atomic E-state index is 5.87. The van der Waals surface area contributed by atoms with Crippen LogP contribution in [0.25, 0.3) is 0 Å². The molecule has 24 heavy (non-hydrogen) atoms. The average Bonchev–Trinajstić information content (AvgIpc) is 3.05. The number of aryl methyl sites for hydroxylation is 2. The zero-order chi connectivity index (χ0) is 16.5. The van der Waals surface area contributed by atoms with Crippen LogP contribution in [0.3, 0.4) is 0 Å². The fourth-order valence-electron chi connectivity index (χ4n) is 3.03. The first kappa shape index (κ1) is 21.2. The Morgan fingerprint density at radius 3 is 2.62 bits per heavy atom. The summed E-state index contributed by atoms with van der Waals surface area (Å²) in [5, 5.41) is 6.73. The summed E-state index contributed by atoms with van der Waals surface area (Å²) in [6.45, 7) is 6.80. The lowest BCUT2D eigenvalue weighted by atomic mass is 10.1. The number of nitrogens with one attached hydrogen (secondary N) is 2. The number of aliphatic imine (C=N–C) groups is 1. The highest BCUT2D eigenvalue weighted by molar-refractivity contribution is 14.0. The van der Waals surface area contributed by atoms with E-state index >= 15 is 0 Å². The van der Waals surface area contributed by atoms with Gasteiger partial charge >= 0.3 is 0 Å². The van der Waals surface area contributed by atoms with Gasteiger partial charge < -0.3 is 15.4 Å². The SMILES string of the molecule is CN=C(NCCCOC1CCCC1)NCc1ccc(C)cc1C.I. The van der Waals surface area contributed by atoms with Crippen molar-refractivity contribution in [2.45, 2.75) is 58.6 Å². The maximum Gasteiger partial charge on any atom is 0.191 e. The van der Waals surface area contributed by atoms with E-state index in [0.29, 0.717) is 6.10 Å². The van der Waals surface area contributed by atoms with Crippen LogP contribution in [0.2, 0.25) is 0 Å². The van der Waals surface area contributed by atoms with Gasteiger partial charge in [-0.15, -0.1) is 24.0 Å². The van der Waals surface area contributed by atoms with E-state index in [9.17, 15) is 0 Å². The Kier molecular flexibility index (Phi) is 10.3. The summed E-state index contributed by atoms with van der Waals surface area (Å²) < 4.78 is 5.87. The van der Waals surface area contributed by atoms with Crippen LogP contribution in [0, 0.1) is 13.8 Å². The molecule has 1 aromatic carbocycles. The van der Waals surface area contributed by atoms with Gasteiger partial charge in [-0.05, 0) is 44.2 Å². The Balaban J connectivity index is 0.00000288. The molecule has 0 atom stereocenters. The molecule has 0 spiro atoms. The number of rotatable bonds is 7. The molecule has 0 aromatic heterocycles. The van der Waals surface area contributed by atoms with Gasteiger partial charge in [0.2, 0.25) is 0 Å². The van der Waals surface area contributed by atoms with E-state index in [4.69, 9.17) is 4.74 Å². The summed E-state index contributed by atoms with van der Waals surface area (Å²) in [6.07, 6.45) is 6.67. The number of ether oxygens (including phenoxy) is 1. The molecule has 0 saturated heterocycles. The van der Waals surface area contributed by atoms with Gasteiger partial charge in [-0.2, -0.15) is 0 Å². The molecule has 2 N–H and O–H groups in total. The third kappa shape index (κ3) is 7.38. The quantitative estimate of drug-likeness (QED) is 0.289. The lowest BCUT2D eigenvalue weighted by Crippen LogP contribution is -2.37. The zero-order valence-electron chi connectivity index (χ0n) is 15.2. The van der Waals surface area contributed by atoms with Crippen LogP contribution in [0.4, 0.5) is 0 Å². The van der Waals surface area contributed by atoms with E-state index in [1.165, 1.54) is 42.4 Å². The number of hydrogen-bond donors (Lipinski definition) is 2. The minimum Gasteiger partial charge on any atom is -0.378 e. The minimum absolute atomic E-state index is 0. The molecule has 1 aliphatic rings. The van der Waals surface area contributed by atoms with E-state index in [1.54, 1.807) is 0 Å². The summed E-state index contributed by atoms with van der Waals surface area (Å²) in [6, 6.07) is 6.55. The van der Waals surface area contributed by atoms with Gasteiger partial charge in [0.25, 0.3) is 0 Å². The molecule has 1 aromatic rings. The molecule has 0 radical (unpaired) electrons. The van der Waals surface area contributed by atoms with Crippen molar-refractivity contribution in [3.63, 3.8) is 0 Å². The standard InChI is InChI=1S/C19H31N3O.HI/c1-15-9-10-17(16(2)13-15)14-22-19(20-3)21-11-6-12-23-18-7-4-5-8-18;/h9-10,13,18H,4-8,11-12,14H2,1-3H3,(H2,20,21,22);1H. The Morgan fingerprint density at radius 2 is 1.96 bits per heavy atom. The van der Waals surface area contributed by atoms with Gasteiger partial charge in [0, 0.05) is 26.7 Å². The number of guanidine groups is 1. The molecule has 2 rings (SSSR count). The molecule has 1 fully saturated rings. The maximum absolute atomic E-state index is 5.87.